The summed E-state index contributed by atoms with van der Waals surface area (Å²) in [5.74, 6) is 2.01. The summed E-state index contributed by atoms with van der Waals surface area (Å²) in [4.78, 5) is 0. The molecule has 0 spiro atoms. The number of nitrogens with one attached hydrogen (secondary N) is 1. The first kappa shape index (κ1) is 17.2. The molecule has 7 heteroatoms. The molecule has 28 heavy (non-hydrogen) atoms. The largest absolute Gasteiger partial charge is 0.486 e. The van der Waals surface area contributed by atoms with E-state index in [9.17, 15) is 0 Å². The number of aromatic nitrogens is 1. The molecule has 0 fully saturated rings. The van der Waals surface area contributed by atoms with Crippen LogP contribution in [0.4, 0.5) is 11.5 Å². The molecule has 5 rings (SSSR count). The van der Waals surface area contributed by atoms with Crippen LogP contribution in [0.1, 0.15) is 0 Å². The molecule has 1 aliphatic heterocycles. The average Bonchev–Trinajstić information content (AvgIpc) is 3.11. The SMILES string of the molecule is Clc1ccc2onc(Nc3cccc(-c4ccc5c(c4)OCCO5)c3Cl)c2c1. The standard InChI is InChI=1S/C21H14Cl2N2O3/c22-13-5-7-17-15(11-13)21(25-28-17)24-16-3-1-2-14(20(16)23)12-4-6-18-19(10-12)27-9-8-26-18/h1-7,10-11H,8-9H2,(H,24,25). The minimum Gasteiger partial charge on any atom is -0.486 e. The van der Waals surface area contributed by atoms with Crippen LogP contribution >= 0.6 is 23.2 Å². The Kier molecular flexibility index (Phi) is 4.26. The van der Waals surface area contributed by atoms with Gasteiger partial charge in [-0.15, -0.1) is 0 Å². The van der Waals surface area contributed by atoms with Crippen LogP contribution in [0.5, 0.6) is 11.5 Å². The quantitative estimate of drug-likeness (QED) is 0.426. The summed E-state index contributed by atoms with van der Waals surface area (Å²) >= 11 is 12.8. The van der Waals surface area contributed by atoms with Gasteiger partial charge < -0.3 is 19.3 Å². The molecule has 0 radical (unpaired) electrons. The van der Waals surface area contributed by atoms with Gasteiger partial charge in [0.1, 0.15) is 13.2 Å². The number of halogens is 2. The third kappa shape index (κ3) is 3.03. The van der Waals surface area contributed by atoms with E-state index in [1.807, 2.05) is 36.4 Å². The van der Waals surface area contributed by atoms with Gasteiger partial charge in [0.15, 0.2) is 22.9 Å². The van der Waals surface area contributed by atoms with E-state index < -0.39 is 0 Å². The highest BCUT2D eigenvalue weighted by molar-refractivity contribution is 6.36. The lowest BCUT2D eigenvalue weighted by Crippen LogP contribution is -2.15. The highest BCUT2D eigenvalue weighted by Gasteiger charge is 2.16. The van der Waals surface area contributed by atoms with Gasteiger partial charge in [-0.25, -0.2) is 0 Å². The molecule has 140 valence electrons. The third-order valence-corrected chi connectivity index (χ3v) is 5.18. The second-order valence-corrected chi connectivity index (χ2v) is 7.14. The summed E-state index contributed by atoms with van der Waals surface area (Å²) < 4.78 is 16.6. The second kappa shape index (κ2) is 6.93. The lowest BCUT2D eigenvalue weighted by molar-refractivity contribution is 0.171. The van der Waals surface area contributed by atoms with Crippen molar-refractivity contribution >= 4 is 45.7 Å². The van der Waals surface area contributed by atoms with Gasteiger partial charge in [0.05, 0.1) is 16.1 Å². The number of rotatable bonds is 3. The Morgan fingerprint density at radius 2 is 1.75 bits per heavy atom. The normalized spacial score (nSPS) is 12.9. The molecule has 0 bridgehead atoms. The molecule has 5 nitrogen and oxygen atoms in total. The predicted octanol–water partition coefficient (Wildman–Crippen LogP) is 6.32. The van der Waals surface area contributed by atoms with Gasteiger partial charge in [-0.3, -0.25) is 0 Å². The van der Waals surface area contributed by atoms with Crippen LogP contribution in [-0.2, 0) is 0 Å². The maximum Gasteiger partial charge on any atom is 0.181 e. The average molecular weight is 413 g/mol. The molecule has 0 unspecified atom stereocenters. The van der Waals surface area contributed by atoms with Gasteiger partial charge >= 0.3 is 0 Å². The van der Waals surface area contributed by atoms with E-state index in [0.717, 1.165) is 28.0 Å². The summed E-state index contributed by atoms with van der Waals surface area (Å²) in [6.45, 7) is 1.09. The van der Waals surface area contributed by atoms with E-state index in [1.165, 1.54) is 0 Å². The van der Waals surface area contributed by atoms with Crippen LogP contribution < -0.4 is 14.8 Å². The zero-order chi connectivity index (χ0) is 19.1. The van der Waals surface area contributed by atoms with E-state index in [4.69, 9.17) is 37.2 Å². The zero-order valence-electron chi connectivity index (χ0n) is 14.5. The van der Waals surface area contributed by atoms with E-state index >= 15 is 0 Å². The van der Waals surface area contributed by atoms with E-state index in [-0.39, 0.29) is 0 Å². The van der Waals surface area contributed by atoms with E-state index in [0.29, 0.717) is 40.3 Å². The number of hydrogen-bond acceptors (Lipinski definition) is 5. The highest BCUT2D eigenvalue weighted by Crippen LogP contribution is 2.40. The molecule has 1 N–H and O–H groups in total. The first-order valence-corrected chi connectivity index (χ1v) is 9.45. The summed E-state index contributed by atoms with van der Waals surface area (Å²) in [6.07, 6.45) is 0. The molecule has 2 heterocycles. The summed E-state index contributed by atoms with van der Waals surface area (Å²) in [5, 5.41) is 9.30. The second-order valence-electron chi connectivity index (χ2n) is 6.32. The van der Waals surface area contributed by atoms with Gasteiger partial charge in [0.25, 0.3) is 0 Å². The highest BCUT2D eigenvalue weighted by atomic mass is 35.5. The van der Waals surface area contributed by atoms with Crippen LogP contribution in [0.25, 0.3) is 22.1 Å². The minimum absolute atomic E-state index is 0.535. The van der Waals surface area contributed by atoms with Crippen molar-refractivity contribution in [3.8, 4) is 22.6 Å². The first-order valence-electron chi connectivity index (χ1n) is 8.69. The van der Waals surface area contributed by atoms with Crippen molar-refractivity contribution in [3.63, 3.8) is 0 Å². The summed E-state index contributed by atoms with van der Waals surface area (Å²) in [6, 6.07) is 16.9. The number of fused-ring (bicyclic) bond motifs is 2. The molecule has 0 aliphatic carbocycles. The van der Waals surface area contributed by atoms with Crippen molar-refractivity contribution in [1.82, 2.24) is 5.16 Å². The molecule has 1 aliphatic rings. The molecular weight excluding hydrogens is 399 g/mol. The Balaban J connectivity index is 1.53. The fourth-order valence-electron chi connectivity index (χ4n) is 3.19. The number of ether oxygens (including phenoxy) is 2. The van der Waals surface area contributed by atoms with Crippen LogP contribution in [0.2, 0.25) is 10.0 Å². The maximum atomic E-state index is 6.71. The Bertz CT molecular complexity index is 1190. The topological polar surface area (TPSA) is 56.5 Å². The van der Waals surface area contributed by atoms with Crippen molar-refractivity contribution in [1.29, 1.82) is 0 Å². The fraction of sp³-hybridized carbons (Fsp3) is 0.0952. The number of benzene rings is 3. The molecule has 0 atom stereocenters. The van der Waals surface area contributed by atoms with Crippen LogP contribution in [0.15, 0.2) is 59.1 Å². The van der Waals surface area contributed by atoms with E-state index in [2.05, 4.69) is 10.5 Å². The molecule has 0 saturated carbocycles. The van der Waals surface area contributed by atoms with Crippen molar-refractivity contribution in [2.45, 2.75) is 0 Å². The van der Waals surface area contributed by atoms with Gasteiger partial charge in [0, 0.05) is 10.6 Å². The molecule has 3 aromatic carbocycles. The Labute approximate surface area is 170 Å². The zero-order valence-corrected chi connectivity index (χ0v) is 16.1. The fourth-order valence-corrected chi connectivity index (χ4v) is 3.65. The number of hydrogen-bond donors (Lipinski definition) is 1. The lowest BCUT2D eigenvalue weighted by Gasteiger charge is -2.19. The molecule has 0 saturated heterocycles. The van der Waals surface area contributed by atoms with Crippen molar-refractivity contribution in [3.05, 3.63) is 64.6 Å². The lowest BCUT2D eigenvalue weighted by atomic mass is 10.0. The van der Waals surface area contributed by atoms with Crippen LogP contribution in [-0.4, -0.2) is 18.4 Å². The van der Waals surface area contributed by atoms with E-state index in [1.54, 1.807) is 18.2 Å². The summed E-state index contributed by atoms with van der Waals surface area (Å²) in [5.41, 5.74) is 3.16. The Morgan fingerprint density at radius 1 is 0.893 bits per heavy atom. The van der Waals surface area contributed by atoms with Gasteiger partial charge in [0.2, 0.25) is 0 Å². The minimum atomic E-state index is 0.535. The van der Waals surface area contributed by atoms with Gasteiger partial charge in [-0.1, -0.05) is 46.6 Å². The van der Waals surface area contributed by atoms with Crippen LogP contribution in [0, 0.1) is 0 Å². The Hall–Kier alpha value is -2.89. The monoisotopic (exact) mass is 412 g/mol. The molecular formula is C21H14Cl2N2O3. The van der Waals surface area contributed by atoms with Gasteiger partial charge in [-0.2, -0.15) is 0 Å². The maximum absolute atomic E-state index is 6.71. The molecule has 1 aromatic heterocycles. The number of anilines is 2. The third-order valence-electron chi connectivity index (χ3n) is 4.54. The van der Waals surface area contributed by atoms with Crippen LogP contribution in [0.3, 0.4) is 0 Å². The molecule has 0 amide bonds. The first-order chi connectivity index (χ1) is 13.7. The smallest absolute Gasteiger partial charge is 0.181 e. The van der Waals surface area contributed by atoms with Crippen molar-refractivity contribution < 1.29 is 14.0 Å². The summed E-state index contributed by atoms with van der Waals surface area (Å²) in [7, 11) is 0. The van der Waals surface area contributed by atoms with Gasteiger partial charge in [-0.05, 0) is 42.0 Å². The molecule has 4 aromatic rings. The predicted molar refractivity (Wildman–Crippen MR) is 110 cm³/mol. The van der Waals surface area contributed by atoms with Crippen molar-refractivity contribution in [2.24, 2.45) is 0 Å². The van der Waals surface area contributed by atoms with Crippen molar-refractivity contribution in [2.75, 3.05) is 18.5 Å². The Morgan fingerprint density at radius 3 is 2.64 bits per heavy atom. The number of nitrogens with zero attached hydrogens (tertiary/aromatic N) is 1.